The molecule has 1 amide bonds. The molecule has 3 rings (SSSR count). The zero-order valence-electron chi connectivity index (χ0n) is 18.5. The largest absolute Gasteiger partial charge is 0.493 e. The lowest BCUT2D eigenvalue weighted by atomic mass is 9.96. The molecule has 2 aromatic rings. The highest BCUT2D eigenvalue weighted by Gasteiger charge is 2.31. The number of nitrogens with zero attached hydrogens (tertiary/aromatic N) is 1. The molecule has 0 spiro atoms. The number of methoxy groups -OCH3 is 2. The van der Waals surface area contributed by atoms with Crippen molar-refractivity contribution in [3.63, 3.8) is 0 Å². The van der Waals surface area contributed by atoms with Crippen molar-refractivity contribution in [3.8, 4) is 11.5 Å². The molecule has 0 aromatic heterocycles. The van der Waals surface area contributed by atoms with E-state index in [0.717, 1.165) is 15.6 Å². The summed E-state index contributed by atoms with van der Waals surface area (Å²) >= 11 is 3.36. The lowest BCUT2D eigenvalue weighted by Crippen LogP contribution is -2.43. The standard InChI is InChI=1S/C23H29BrN2O5S/c1-16(19-6-9-21(30-2)22(14-19)31-3)25-23(27)18-10-12-26(13-11-18)32(28,29)15-17-4-7-20(24)8-5-17/h4-9,14,16,18H,10-13,15H2,1-3H3,(H,25,27). The van der Waals surface area contributed by atoms with Gasteiger partial charge in [0.25, 0.3) is 0 Å². The number of ether oxygens (including phenoxy) is 2. The van der Waals surface area contributed by atoms with Crippen molar-refractivity contribution in [3.05, 3.63) is 58.1 Å². The summed E-state index contributed by atoms with van der Waals surface area (Å²) in [5.41, 5.74) is 1.65. The number of rotatable bonds is 8. The minimum Gasteiger partial charge on any atom is -0.493 e. The van der Waals surface area contributed by atoms with Gasteiger partial charge in [-0.15, -0.1) is 0 Å². The van der Waals surface area contributed by atoms with E-state index >= 15 is 0 Å². The fraction of sp³-hybridized carbons (Fsp3) is 0.435. The maximum atomic E-state index is 12.8. The molecule has 0 saturated carbocycles. The summed E-state index contributed by atoms with van der Waals surface area (Å²) in [7, 11) is -0.268. The number of piperidine rings is 1. The van der Waals surface area contributed by atoms with Crippen LogP contribution in [0, 0.1) is 5.92 Å². The van der Waals surface area contributed by atoms with Crippen molar-refractivity contribution in [2.45, 2.75) is 31.6 Å². The minimum absolute atomic E-state index is 0.0342. The van der Waals surface area contributed by atoms with Crippen LogP contribution in [-0.2, 0) is 20.6 Å². The zero-order chi connectivity index (χ0) is 23.3. The predicted octanol–water partition coefficient (Wildman–Crippen LogP) is 3.89. The molecular formula is C23H29BrN2O5S. The first-order valence-electron chi connectivity index (χ1n) is 10.5. The van der Waals surface area contributed by atoms with E-state index in [9.17, 15) is 13.2 Å². The van der Waals surface area contributed by atoms with Gasteiger partial charge in [0.05, 0.1) is 26.0 Å². The summed E-state index contributed by atoms with van der Waals surface area (Å²) in [6.45, 7) is 2.61. The number of carbonyl (C=O) groups excluding carboxylic acids is 1. The molecule has 1 atom stereocenters. The lowest BCUT2D eigenvalue weighted by Gasteiger charge is -2.31. The first-order valence-corrected chi connectivity index (χ1v) is 12.9. The number of hydrogen-bond acceptors (Lipinski definition) is 5. The van der Waals surface area contributed by atoms with Gasteiger partial charge in [-0.1, -0.05) is 34.1 Å². The van der Waals surface area contributed by atoms with Crippen LogP contribution >= 0.6 is 15.9 Å². The molecule has 1 aliphatic heterocycles. The maximum absolute atomic E-state index is 12.8. The predicted molar refractivity (Wildman–Crippen MR) is 127 cm³/mol. The van der Waals surface area contributed by atoms with Gasteiger partial charge in [-0.2, -0.15) is 0 Å². The Morgan fingerprint density at radius 1 is 1.09 bits per heavy atom. The molecule has 1 fully saturated rings. The number of hydrogen-bond donors (Lipinski definition) is 1. The van der Waals surface area contributed by atoms with Crippen molar-refractivity contribution in [2.24, 2.45) is 5.92 Å². The Balaban J connectivity index is 1.55. The van der Waals surface area contributed by atoms with Gasteiger partial charge in [-0.3, -0.25) is 4.79 Å². The second-order valence-electron chi connectivity index (χ2n) is 7.90. The molecule has 0 bridgehead atoms. The van der Waals surface area contributed by atoms with Gasteiger partial charge in [0, 0.05) is 23.5 Å². The van der Waals surface area contributed by atoms with E-state index in [4.69, 9.17) is 9.47 Å². The highest BCUT2D eigenvalue weighted by molar-refractivity contribution is 9.10. The van der Waals surface area contributed by atoms with Crippen LogP contribution in [0.15, 0.2) is 46.9 Å². The summed E-state index contributed by atoms with van der Waals surface area (Å²) in [6, 6.07) is 12.6. The summed E-state index contributed by atoms with van der Waals surface area (Å²) in [6.07, 6.45) is 1.01. The molecule has 0 aliphatic carbocycles. The quantitative estimate of drug-likeness (QED) is 0.566. The molecule has 32 heavy (non-hydrogen) atoms. The number of benzene rings is 2. The van der Waals surface area contributed by atoms with Gasteiger partial charge < -0.3 is 14.8 Å². The summed E-state index contributed by atoms with van der Waals surface area (Å²) < 4.78 is 38.6. The smallest absolute Gasteiger partial charge is 0.223 e. The third-order valence-electron chi connectivity index (χ3n) is 5.75. The fourth-order valence-corrected chi connectivity index (χ4v) is 5.64. The zero-order valence-corrected chi connectivity index (χ0v) is 20.9. The summed E-state index contributed by atoms with van der Waals surface area (Å²) in [5.74, 6) is 0.934. The minimum atomic E-state index is -3.42. The summed E-state index contributed by atoms with van der Waals surface area (Å²) in [5, 5.41) is 3.05. The number of amides is 1. The second-order valence-corrected chi connectivity index (χ2v) is 10.8. The first-order chi connectivity index (χ1) is 15.2. The molecule has 0 radical (unpaired) electrons. The number of sulfonamides is 1. The van der Waals surface area contributed by atoms with Crippen molar-refractivity contribution in [2.75, 3.05) is 27.3 Å². The molecule has 1 saturated heterocycles. The first kappa shape index (κ1) is 24.5. The normalized spacial score (nSPS) is 16.4. The van der Waals surface area contributed by atoms with Gasteiger partial charge in [0.15, 0.2) is 11.5 Å². The molecule has 9 heteroatoms. The Morgan fingerprint density at radius 2 is 1.72 bits per heavy atom. The van der Waals surface area contributed by atoms with Crippen LogP contribution in [0.3, 0.4) is 0 Å². The third kappa shape index (κ3) is 6.02. The highest BCUT2D eigenvalue weighted by atomic mass is 79.9. The third-order valence-corrected chi connectivity index (χ3v) is 8.13. The van der Waals surface area contributed by atoms with Gasteiger partial charge in [-0.25, -0.2) is 12.7 Å². The van der Waals surface area contributed by atoms with E-state index in [-0.39, 0.29) is 23.6 Å². The molecule has 1 N–H and O–H groups in total. The van der Waals surface area contributed by atoms with Crippen LogP contribution < -0.4 is 14.8 Å². The molecular weight excluding hydrogens is 496 g/mol. The molecule has 2 aromatic carbocycles. The average molecular weight is 525 g/mol. The average Bonchev–Trinajstić information content (AvgIpc) is 2.80. The molecule has 1 heterocycles. The molecule has 1 aliphatic rings. The topological polar surface area (TPSA) is 84.9 Å². The fourth-order valence-electron chi connectivity index (χ4n) is 3.82. The van der Waals surface area contributed by atoms with E-state index < -0.39 is 10.0 Å². The van der Waals surface area contributed by atoms with E-state index in [0.29, 0.717) is 37.4 Å². The van der Waals surface area contributed by atoms with E-state index in [1.807, 2.05) is 37.3 Å². The van der Waals surface area contributed by atoms with E-state index in [1.165, 1.54) is 4.31 Å². The van der Waals surface area contributed by atoms with Gasteiger partial charge in [-0.05, 0) is 55.2 Å². The Morgan fingerprint density at radius 3 is 2.31 bits per heavy atom. The van der Waals surface area contributed by atoms with E-state index in [2.05, 4.69) is 21.2 Å². The lowest BCUT2D eigenvalue weighted by molar-refractivity contribution is -0.126. The van der Waals surface area contributed by atoms with Gasteiger partial charge in [0.1, 0.15) is 0 Å². The van der Waals surface area contributed by atoms with Crippen molar-refractivity contribution in [1.29, 1.82) is 0 Å². The van der Waals surface area contributed by atoms with Gasteiger partial charge in [0.2, 0.25) is 15.9 Å². The molecule has 1 unspecified atom stereocenters. The highest BCUT2D eigenvalue weighted by Crippen LogP contribution is 2.30. The van der Waals surface area contributed by atoms with Crippen molar-refractivity contribution in [1.82, 2.24) is 9.62 Å². The number of halogens is 1. The van der Waals surface area contributed by atoms with Gasteiger partial charge >= 0.3 is 0 Å². The van der Waals surface area contributed by atoms with Crippen LogP contribution in [0.2, 0.25) is 0 Å². The van der Waals surface area contributed by atoms with Crippen LogP contribution in [-0.4, -0.2) is 45.9 Å². The Hall–Kier alpha value is -2.10. The second kappa shape index (κ2) is 10.7. The van der Waals surface area contributed by atoms with Crippen molar-refractivity contribution < 1.29 is 22.7 Å². The maximum Gasteiger partial charge on any atom is 0.223 e. The monoisotopic (exact) mass is 524 g/mol. The SMILES string of the molecule is COc1ccc(C(C)NC(=O)C2CCN(S(=O)(=O)Cc3ccc(Br)cc3)CC2)cc1OC. The Labute approximate surface area is 198 Å². The van der Waals surface area contributed by atoms with E-state index in [1.54, 1.807) is 26.4 Å². The van der Waals surface area contributed by atoms with Crippen LogP contribution in [0.5, 0.6) is 11.5 Å². The van der Waals surface area contributed by atoms with Crippen LogP contribution in [0.1, 0.15) is 36.9 Å². The number of carbonyl (C=O) groups is 1. The Kier molecular flexibility index (Phi) is 8.19. The van der Waals surface area contributed by atoms with Crippen molar-refractivity contribution >= 4 is 31.9 Å². The summed E-state index contributed by atoms with van der Waals surface area (Å²) in [4.78, 5) is 12.8. The van der Waals surface area contributed by atoms with Crippen LogP contribution in [0.4, 0.5) is 0 Å². The van der Waals surface area contributed by atoms with Crippen LogP contribution in [0.25, 0.3) is 0 Å². The number of nitrogens with one attached hydrogen (secondary N) is 1. The molecule has 174 valence electrons. The molecule has 7 nitrogen and oxygen atoms in total. The Bertz CT molecular complexity index is 1030.